The van der Waals surface area contributed by atoms with E-state index in [-0.39, 0.29) is 5.91 Å². The van der Waals surface area contributed by atoms with E-state index in [9.17, 15) is 4.79 Å². The van der Waals surface area contributed by atoms with Crippen LogP contribution in [0.1, 0.15) is 16.7 Å². The molecule has 1 aliphatic rings. The first-order valence-electron chi connectivity index (χ1n) is 8.38. The second-order valence-corrected chi connectivity index (χ2v) is 7.98. The van der Waals surface area contributed by atoms with Gasteiger partial charge in [-0.1, -0.05) is 78.6 Å². The molecule has 1 heterocycles. The van der Waals surface area contributed by atoms with Gasteiger partial charge in [0, 0.05) is 0 Å². The Bertz CT molecular complexity index is 1080. The van der Waals surface area contributed by atoms with E-state index in [2.05, 4.69) is 18.2 Å². The number of carbonyl (C=O) groups excluding carboxylic acids is 1. The molecule has 0 unspecified atom stereocenters. The van der Waals surface area contributed by atoms with E-state index in [1.165, 1.54) is 11.8 Å². The first-order valence-corrected chi connectivity index (χ1v) is 9.60. The van der Waals surface area contributed by atoms with Crippen LogP contribution < -0.4 is 4.90 Å². The molecule has 0 aliphatic carbocycles. The smallest absolute Gasteiger partial charge is 0.268 e. The third kappa shape index (κ3) is 2.85. The molecule has 4 rings (SSSR count). The fourth-order valence-electron chi connectivity index (χ4n) is 3.17. The van der Waals surface area contributed by atoms with Gasteiger partial charge in [-0.05, 0) is 53.5 Å². The van der Waals surface area contributed by atoms with Crippen LogP contribution in [0.3, 0.4) is 0 Å². The zero-order valence-corrected chi connectivity index (χ0v) is 16.2. The summed E-state index contributed by atoms with van der Waals surface area (Å²) in [4.78, 5) is 15.4. The van der Waals surface area contributed by atoms with Gasteiger partial charge in [-0.15, -0.1) is 0 Å². The fourth-order valence-corrected chi connectivity index (χ4v) is 4.45. The number of nitrogens with zero attached hydrogens (tertiary/aromatic N) is 1. The van der Waals surface area contributed by atoms with Crippen molar-refractivity contribution < 1.29 is 4.79 Å². The van der Waals surface area contributed by atoms with Crippen molar-refractivity contribution in [2.45, 2.75) is 13.8 Å². The molecule has 3 aromatic rings. The van der Waals surface area contributed by atoms with Crippen LogP contribution in [0.4, 0.5) is 5.69 Å². The van der Waals surface area contributed by atoms with Crippen molar-refractivity contribution in [2.24, 2.45) is 0 Å². The van der Waals surface area contributed by atoms with Crippen molar-refractivity contribution in [3.63, 3.8) is 0 Å². The number of aryl methyl sites for hydroxylation is 1. The predicted octanol–water partition coefficient (Wildman–Crippen LogP) is 5.86. The molecule has 1 amide bonds. The largest absolute Gasteiger partial charge is 0.270 e. The zero-order chi connectivity index (χ0) is 18.3. The minimum atomic E-state index is -0.0540. The number of thioether (sulfide) groups is 1. The Balaban J connectivity index is 1.78. The predicted molar refractivity (Wildman–Crippen MR) is 116 cm³/mol. The Morgan fingerprint density at radius 1 is 0.962 bits per heavy atom. The molecule has 0 radical (unpaired) electrons. The minimum Gasteiger partial charge on any atom is -0.268 e. The first-order chi connectivity index (χ1) is 12.6. The minimum absolute atomic E-state index is 0.0540. The monoisotopic (exact) mass is 375 g/mol. The van der Waals surface area contributed by atoms with Crippen LogP contribution in [0.2, 0.25) is 0 Å². The van der Waals surface area contributed by atoms with Crippen LogP contribution in [0.25, 0.3) is 16.8 Å². The number of rotatable bonds is 2. The third-order valence-electron chi connectivity index (χ3n) is 4.72. The number of amides is 1. The van der Waals surface area contributed by atoms with Crippen LogP contribution in [0.5, 0.6) is 0 Å². The first kappa shape index (κ1) is 17.0. The number of anilines is 1. The van der Waals surface area contributed by atoms with Crippen LogP contribution in [-0.4, -0.2) is 10.2 Å². The van der Waals surface area contributed by atoms with E-state index in [0.29, 0.717) is 9.23 Å². The maximum absolute atomic E-state index is 13.1. The second kappa shape index (κ2) is 6.71. The number of hydrogen-bond acceptors (Lipinski definition) is 3. The van der Waals surface area contributed by atoms with Crippen molar-refractivity contribution in [1.29, 1.82) is 0 Å². The molecule has 4 heteroatoms. The maximum Gasteiger partial charge on any atom is 0.270 e. The molecule has 128 valence electrons. The lowest BCUT2D eigenvalue weighted by molar-refractivity contribution is -0.113. The molecule has 0 aromatic heterocycles. The Labute approximate surface area is 162 Å². The highest BCUT2D eigenvalue weighted by Crippen LogP contribution is 2.38. The highest BCUT2D eigenvalue weighted by atomic mass is 32.2. The summed E-state index contributed by atoms with van der Waals surface area (Å²) in [5, 5.41) is 2.29. The summed E-state index contributed by atoms with van der Waals surface area (Å²) < 4.78 is 0.579. The van der Waals surface area contributed by atoms with Gasteiger partial charge in [0.2, 0.25) is 0 Å². The average molecular weight is 376 g/mol. The second-order valence-electron chi connectivity index (χ2n) is 6.30. The molecule has 1 saturated heterocycles. The maximum atomic E-state index is 13.1. The average Bonchev–Trinajstić information content (AvgIpc) is 2.91. The van der Waals surface area contributed by atoms with Gasteiger partial charge in [0.25, 0.3) is 5.91 Å². The van der Waals surface area contributed by atoms with E-state index < -0.39 is 0 Å². The molecule has 0 bridgehead atoms. The van der Waals surface area contributed by atoms with Gasteiger partial charge in [0.05, 0.1) is 10.6 Å². The lowest BCUT2D eigenvalue weighted by Gasteiger charge is -2.18. The van der Waals surface area contributed by atoms with E-state index in [0.717, 1.165) is 33.2 Å². The van der Waals surface area contributed by atoms with E-state index in [4.69, 9.17) is 12.2 Å². The lowest BCUT2D eigenvalue weighted by atomic mass is 10.0. The van der Waals surface area contributed by atoms with Gasteiger partial charge in [0.15, 0.2) is 4.32 Å². The summed E-state index contributed by atoms with van der Waals surface area (Å²) in [6.07, 6.45) is 1.95. The van der Waals surface area contributed by atoms with E-state index >= 15 is 0 Å². The van der Waals surface area contributed by atoms with Crippen molar-refractivity contribution in [3.8, 4) is 0 Å². The van der Waals surface area contributed by atoms with Crippen molar-refractivity contribution in [2.75, 3.05) is 4.90 Å². The van der Waals surface area contributed by atoms with Gasteiger partial charge in [-0.2, -0.15) is 0 Å². The normalized spacial score (nSPS) is 16.1. The highest BCUT2D eigenvalue weighted by Gasteiger charge is 2.34. The number of fused-ring (bicyclic) bond motifs is 1. The van der Waals surface area contributed by atoms with Crippen LogP contribution >= 0.6 is 24.0 Å². The van der Waals surface area contributed by atoms with Gasteiger partial charge < -0.3 is 0 Å². The summed E-state index contributed by atoms with van der Waals surface area (Å²) in [6, 6.07) is 20.3. The third-order valence-corrected chi connectivity index (χ3v) is 6.02. The topological polar surface area (TPSA) is 20.3 Å². The number of benzene rings is 3. The molecule has 1 fully saturated rings. The summed E-state index contributed by atoms with van der Waals surface area (Å²) in [6.45, 7) is 4.07. The SMILES string of the molecule is Cc1cccc(N2C(=O)/C(=C/c3cccc4ccccc34)SC2=S)c1C. The van der Waals surface area contributed by atoms with Crippen LogP contribution in [0.15, 0.2) is 65.6 Å². The standard InChI is InChI=1S/C22H17NOS2/c1-14-7-5-12-19(15(14)2)23-21(24)20(26-22(23)25)13-17-10-6-9-16-8-3-4-11-18(16)17/h3-13H,1-2H3/b20-13-. The van der Waals surface area contributed by atoms with Crippen molar-refractivity contribution in [1.82, 2.24) is 0 Å². The summed E-state index contributed by atoms with van der Waals surface area (Å²) in [5.41, 5.74) is 4.13. The molecule has 0 N–H and O–H groups in total. The Morgan fingerprint density at radius 2 is 1.69 bits per heavy atom. The molecule has 0 saturated carbocycles. The fraction of sp³-hybridized carbons (Fsp3) is 0.0909. The molecule has 0 spiro atoms. The number of thiocarbonyl (C=S) groups is 1. The molecule has 2 nitrogen and oxygen atoms in total. The van der Waals surface area contributed by atoms with Crippen LogP contribution in [-0.2, 0) is 4.79 Å². The molecular formula is C22H17NOS2. The number of hydrogen-bond donors (Lipinski definition) is 0. The van der Waals surface area contributed by atoms with Gasteiger partial charge in [-0.3, -0.25) is 9.69 Å². The molecule has 3 aromatic carbocycles. The van der Waals surface area contributed by atoms with Crippen molar-refractivity contribution >= 4 is 56.7 Å². The molecular weight excluding hydrogens is 358 g/mol. The molecule has 26 heavy (non-hydrogen) atoms. The Morgan fingerprint density at radius 3 is 2.54 bits per heavy atom. The molecule has 1 aliphatic heterocycles. The highest BCUT2D eigenvalue weighted by molar-refractivity contribution is 8.27. The van der Waals surface area contributed by atoms with E-state index in [1.54, 1.807) is 4.90 Å². The van der Waals surface area contributed by atoms with Gasteiger partial charge in [-0.25, -0.2) is 0 Å². The Kier molecular flexibility index (Phi) is 4.39. The zero-order valence-electron chi connectivity index (χ0n) is 14.5. The lowest BCUT2D eigenvalue weighted by Crippen LogP contribution is -2.28. The van der Waals surface area contributed by atoms with Gasteiger partial charge in [0.1, 0.15) is 0 Å². The van der Waals surface area contributed by atoms with E-state index in [1.807, 2.05) is 62.4 Å². The number of carbonyl (C=O) groups is 1. The molecule has 0 atom stereocenters. The summed E-state index contributed by atoms with van der Waals surface area (Å²) in [7, 11) is 0. The van der Waals surface area contributed by atoms with Gasteiger partial charge >= 0.3 is 0 Å². The quantitative estimate of drug-likeness (QED) is 0.413. The van der Waals surface area contributed by atoms with Crippen LogP contribution in [0, 0.1) is 13.8 Å². The Hall–Kier alpha value is -2.43. The summed E-state index contributed by atoms with van der Waals surface area (Å²) >= 11 is 6.88. The van der Waals surface area contributed by atoms with Crippen molar-refractivity contribution in [3.05, 3.63) is 82.3 Å². The summed E-state index contributed by atoms with van der Waals surface area (Å²) in [5.74, 6) is -0.0540.